The van der Waals surface area contributed by atoms with Crippen molar-refractivity contribution in [2.75, 3.05) is 13.2 Å². The number of aliphatic hydroxyl groups excluding tert-OH is 5. The summed E-state index contributed by atoms with van der Waals surface area (Å²) in [4.78, 5) is 22.1. The molecule has 0 aliphatic carbocycles. The second-order valence-corrected chi connectivity index (χ2v) is 7.08. The molecule has 5 N–H and O–H groups in total. The summed E-state index contributed by atoms with van der Waals surface area (Å²) < 4.78 is 26.2. The van der Waals surface area contributed by atoms with Gasteiger partial charge in [0.1, 0.15) is 62.0 Å². The van der Waals surface area contributed by atoms with Gasteiger partial charge in [-0.1, -0.05) is 0 Å². The molecule has 168 valence electrons. The van der Waals surface area contributed by atoms with Crippen molar-refractivity contribution in [1.82, 2.24) is 0 Å². The minimum atomic E-state index is -1.73. The Kier molecular flexibility index (Phi) is 8.31. The van der Waals surface area contributed by atoms with Crippen LogP contribution in [0.25, 0.3) is 0 Å². The molecule has 12 heteroatoms. The molecule has 0 radical (unpaired) electrons. The van der Waals surface area contributed by atoms with Crippen molar-refractivity contribution in [3.63, 3.8) is 0 Å². The van der Waals surface area contributed by atoms with Crippen molar-refractivity contribution in [3.05, 3.63) is 0 Å². The SMILES string of the molecule is CC(=O)OCC1OC(C)C(O)[C@@H](O)[C@@H]1O[C@@H]1OC(COC(C)=O)[C@H](O)[C@H](O)C1O. The topological polar surface area (TPSA) is 181 Å². The first-order valence-corrected chi connectivity index (χ1v) is 9.16. The van der Waals surface area contributed by atoms with Gasteiger partial charge in [-0.05, 0) is 6.92 Å². The Morgan fingerprint density at radius 2 is 1.31 bits per heavy atom. The maximum Gasteiger partial charge on any atom is 0.302 e. The van der Waals surface area contributed by atoms with Crippen LogP contribution in [0.3, 0.4) is 0 Å². The monoisotopic (exact) mass is 424 g/mol. The van der Waals surface area contributed by atoms with Gasteiger partial charge in [-0.2, -0.15) is 0 Å². The predicted molar refractivity (Wildman–Crippen MR) is 91.2 cm³/mol. The molecule has 0 saturated carbocycles. The maximum atomic E-state index is 11.1. The quantitative estimate of drug-likeness (QED) is 0.270. The first kappa shape index (κ1) is 23.9. The number of ether oxygens (including phenoxy) is 5. The zero-order valence-corrected chi connectivity index (χ0v) is 16.3. The third-order valence-corrected chi connectivity index (χ3v) is 4.78. The van der Waals surface area contributed by atoms with Gasteiger partial charge >= 0.3 is 11.9 Å². The smallest absolute Gasteiger partial charge is 0.302 e. The van der Waals surface area contributed by atoms with Crippen LogP contribution >= 0.6 is 0 Å². The van der Waals surface area contributed by atoms with Gasteiger partial charge in [0.25, 0.3) is 0 Å². The zero-order valence-electron chi connectivity index (χ0n) is 16.3. The second-order valence-electron chi connectivity index (χ2n) is 7.08. The van der Waals surface area contributed by atoms with Gasteiger partial charge in [0.05, 0.1) is 6.10 Å². The summed E-state index contributed by atoms with van der Waals surface area (Å²) in [5.74, 6) is -1.25. The number of carbonyl (C=O) groups excluding carboxylic acids is 2. The van der Waals surface area contributed by atoms with Crippen molar-refractivity contribution in [1.29, 1.82) is 0 Å². The van der Waals surface area contributed by atoms with Crippen LogP contribution in [-0.2, 0) is 33.3 Å². The van der Waals surface area contributed by atoms with Gasteiger partial charge in [-0.3, -0.25) is 9.59 Å². The summed E-state index contributed by atoms with van der Waals surface area (Å²) in [5, 5.41) is 50.8. The Morgan fingerprint density at radius 1 is 0.759 bits per heavy atom. The van der Waals surface area contributed by atoms with Crippen LogP contribution in [0.2, 0.25) is 0 Å². The van der Waals surface area contributed by atoms with Crippen LogP contribution in [-0.4, -0.2) is 112 Å². The summed E-state index contributed by atoms with van der Waals surface area (Å²) >= 11 is 0. The van der Waals surface area contributed by atoms with Crippen molar-refractivity contribution in [3.8, 4) is 0 Å². The first-order valence-electron chi connectivity index (χ1n) is 9.16. The zero-order chi connectivity index (χ0) is 21.9. The molecule has 29 heavy (non-hydrogen) atoms. The molecule has 2 saturated heterocycles. The fourth-order valence-corrected chi connectivity index (χ4v) is 3.15. The molecule has 0 aromatic heterocycles. The summed E-state index contributed by atoms with van der Waals surface area (Å²) in [6.07, 6.45) is -13.8. The lowest BCUT2D eigenvalue weighted by molar-refractivity contribution is -0.341. The van der Waals surface area contributed by atoms with Crippen molar-refractivity contribution < 1.29 is 58.8 Å². The number of hydrogen-bond donors (Lipinski definition) is 5. The molecule has 2 fully saturated rings. The molecule has 2 aliphatic heterocycles. The van der Waals surface area contributed by atoms with Gasteiger partial charge in [0.15, 0.2) is 6.29 Å². The Balaban J connectivity index is 2.14. The fourth-order valence-electron chi connectivity index (χ4n) is 3.15. The van der Waals surface area contributed by atoms with Gasteiger partial charge < -0.3 is 49.2 Å². The first-order chi connectivity index (χ1) is 13.5. The molecule has 10 atom stereocenters. The van der Waals surface area contributed by atoms with E-state index in [0.717, 1.165) is 6.92 Å². The van der Waals surface area contributed by atoms with E-state index in [9.17, 15) is 35.1 Å². The van der Waals surface area contributed by atoms with Crippen LogP contribution in [0.5, 0.6) is 0 Å². The van der Waals surface area contributed by atoms with E-state index >= 15 is 0 Å². The number of esters is 2. The largest absolute Gasteiger partial charge is 0.463 e. The lowest BCUT2D eigenvalue weighted by Gasteiger charge is -2.45. The van der Waals surface area contributed by atoms with E-state index in [0.29, 0.717) is 0 Å². The van der Waals surface area contributed by atoms with E-state index in [2.05, 4.69) is 0 Å². The van der Waals surface area contributed by atoms with Crippen molar-refractivity contribution >= 4 is 11.9 Å². The Morgan fingerprint density at radius 3 is 1.86 bits per heavy atom. The van der Waals surface area contributed by atoms with Crippen molar-refractivity contribution in [2.45, 2.75) is 82.0 Å². The van der Waals surface area contributed by atoms with Crippen molar-refractivity contribution in [2.24, 2.45) is 0 Å². The van der Waals surface area contributed by atoms with Crippen LogP contribution in [0.4, 0.5) is 0 Å². The van der Waals surface area contributed by atoms with E-state index in [1.54, 1.807) is 0 Å². The van der Waals surface area contributed by atoms with E-state index in [4.69, 9.17) is 23.7 Å². The summed E-state index contributed by atoms with van der Waals surface area (Å²) in [5.41, 5.74) is 0. The highest BCUT2D eigenvalue weighted by Crippen LogP contribution is 2.29. The maximum absolute atomic E-state index is 11.1. The van der Waals surface area contributed by atoms with E-state index in [1.165, 1.54) is 13.8 Å². The lowest BCUT2D eigenvalue weighted by Crippen LogP contribution is -2.64. The highest BCUT2D eigenvalue weighted by Gasteiger charge is 2.50. The minimum absolute atomic E-state index is 0.307. The molecule has 2 heterocycles. The number of rotatable bonds is 6. The average molecular weight is 424 g/mol. The van der Waals surface area contributed by atoms with Crippen LogP contribution in [0.1, 0.15) is 20.8 Å². The molecule has 0 bridgehead atoms. The van der Waals surface area contributed by atoms with E-state index in [1.807, 2.05) is 0 Å². The van der Waals surface area contributed by atoms with Gasteiger partial charge in [0.2, 0.25) is 0 Å². The van der Waals surface area contributed by atoms with Crippen LogP contribution in [0, 0.1) is 0 Å². The van der Waals surface area contributed by atoms with Gasteiger partial charge in [-0.15, -0.1) is 0 Å². The van der Waals surface area contributed by atoms with Crippen LogP contribution < -0.4 is 0 Å². The minimum Gasteiger partial charge on any atom is -0.463 e. The number of hydrogen-bond acceptors (Lipinski definition) is 12. The number of aliphatic hydroxyl groups is 5. The highest BCUT2D eigenvalue weighted by atomic mass is 16.7. The van der Waals surface area contributed by atoms with Crippen LogP contribution in [0.15, 0.2) is 0 Å². The van der Waals surface area contributed by atoms with E-state index in [-0.39, 0.29) is 6.61 Å². The Labute approximate surface area is 166 Å². The van der Waals surface area contributed by atoms with Gasteiger partial charge in [-0.25, -0.2) is 0 Å². The molecule has 0 spiro atoms. The fraction of sp³-hybridized carbons (Fsp3) is 0.882. The second kappa shape index (κ2) is 10.1. The lowest BCUT2D eigenvalue weighted by atomic mass is 9.95. The molecule has 5 unspecified atom stereocenters. The third-order valence-electron chi connectivity index (χ3n) is 4.78. The standard InChI is InChI=1S/C17H28O12/c1-6-11(20)14(23)16(10(27-6)5-26-8(3)19)29-17-15(24)13(22)12(21)9(28-17)4-25-7(2)18/h6,9-17,20-24H,4-5H2,1-3H3/t6?,9?,10?,11?,12-,13-,14+,15?,16+,17-/m0/s1. The molecular weight excluding hydrogens is 396 g/mol. The summed E-state index contributed by atoms with van der Waals surface area (Å²) in [7, 11) is 0. The van der Waals surface area contributed by atoms with Gasteiger partial charge in [0, 0.05) is 13.8 Å². The number of carbonyl (C=O) groups is 2. The molecule has 0 aromatic rings. The van der Waals surface area contributed by atoms with E-state index < -0.39 is 79.8 Å². The molecule has 2 rings (SSSR count). The normalized spacial score (nSPS) is 42.9. The molecule has 2 aliphatic rings. The Bertz CT molecular complexity index is 571. The Hall–Kier alpha value is -1.38. The third kappa shape index (κ3) is 5.83. The molecule has 12 nitrogen and oxygen atoms in total. The molecule has 0 aromatic carbocycles. The average Bonchev–Trinajstić information content (AvgIpc) is 2.65. The summed E-state index contributed by atoms with van der Waals surface area (Å²) in [6.45, 7) is 3.11. The molecule has 0 amide bonds. The predicted octanol–water partition coefficient (Wildman–Crippen LogP) is -3.19. The summed E-state index contributed by atoms with van der Waals surface area (Å²) in [6, 6.07) is 0. The highest BCUT2D eigenvalue weighted by molar-refractivity contribution is 5.66. The molecular formula is C17H28O12.